The molecule has 0 spiro atoms. The van der Waals surface area contributed by atoms with E-state index in [0.717, 1.165) is 0 Å². The van der Waals surface area contributed by atoms with Gasteiger partial charge in [-0.1, -0.05) is 24.3 Å². The fourth-order valence-electron chi connectivity index (χ4n) is 2.64. The van der Waals surface area contributed by atoms with Crippen molar-refractivity contribution in [1.82, 2.24) is 10.6 Å². The van der Waals surface area contributed by atoms with Crippen LogP contribution in [0.15, 0.2) is 48.5 Å². The number of anilines is 1. The molecule has 0 aliphatic carbocycles. The van der Waals surface area contributed by atoms with Crippen molar-refractivity contribution in [2.45, 2.75) is 26.4 Å². The lowest BCUT2D eigenvalue weighted by Crippen LogP contribution is -2.35. The minimum atomic E-state index is -0.398. The molecule has 0 aromatic heterocycles. The average molecular weight is 430 g/mol. The minimum Gasteiger partial charge on any atom is -0.490 e. The van der Waals surface area contributed by atoms with Crippen molar-refractivity contribution in [2.24, 2.45) is 0 Å². The van der Waals surface area contributed by atoms with Crippen LogP contribution in [0.2, 0.25) is 0 Å². The zero-order chi connectivity index (χ0) is 21.9. The molecule has 8 heteroatoms. The molecule has 3 N–H and O–H groups in total. The molecule has 0 aliphatic heterocycles. The van der Waals surface area contributed by atoms with Gasteiger partial charge in [-0.3, -0.25) is 14.9 Å². The van der Waals surface area contributed by atoms with Crippen molar-refractivity contribution in [3.05, 3.63) is 59.7 Å². The molecule has 2 rings (SSSR count). The molecule has 0 unspecified atom stereocenters. The maximum Gasteiger partial charge on any atom is 0.261 e. The van der Waals surface area contributed by atoms with E-state index in [0.29, 0.717) is 42.1 Å². The molecule has 160 valence electrons. The average Bonchev–Trinajstić information content (AvgIpc) is 2.71. The van der Waals surface area contributed by atoms with E-state index in [4.69, 9.17) is 21.7 Å². The Morgan fingerprint density at radius 2 is 1.67 bits per heavy atom. The summed E-state index contributed by atoms with van der Waals surface area (Å²) in [5.41, 5.74) is 1.30. The number of benzene rings is 2. The summed E-state index contributed by atoms with van der Waals surface area (Å²) in [6.07, 6.45) is 0.641. The number of carbonyl (C=O) groups excluding carboxylic acids is 2. The van der Waals surface area contributed by atoms with E-state index in [-0.39, 0.29) is 17.1 Å². The van der Waals surface area contributed by atoms with Gasteiger partial charge >= 0.3 is 0 Å². The fourth-order valence-corrected chi connectivity index (χ4v) is 2.84. The van der Waals surface area contributed by atoms with Crippen molar-refractivity contribution in [2.75, 3.05) is 25.6 Å². The van der Waals surface area contributed by atoms with Crippen LogP contribution < -0.4 is 20.7 Å². The smallest absolute Gasteiger partial charge is 0.261 e. The Balaban J connectivity index is 2.03. The third-order valence-corrected chi connectivity index (χ3v) is 4.16. The molecule has 0 heterocycles. The molecular formula is C22H27N3O4S. The van der Waals surface area contributed by atoms with E-state index in [1.54, 1.807) is 55.6 Å². The molecule has 0 saturated heterocycles. The maximum atomic E-state index is 12.7. The van der Waals surface area contributed by atoms with E-state index < -0.39 is 5.91 Å². The Labute approximate surface area is 182 Å². The second kappa shape index (κ2) is 11.9. The molecule has 2 aromatic carbocycles. The lowest BCUT2D eigenvalue weighted by atomic mass is 10.1. The molecule has 2 amide bonds. The van der Waals surface area contributed by atoms with Crippen LogP contribution in [0.3, 0.4) is 0 Å². The number of para-hydroxylation sites is 2. The number of hydrogen-bond donors (Lipinski definition) is 3. The van der Waals surface area contributed by atoms with Gasteiger partial charge in [-0.15, -0.1) is 0 Å². The van der Waals surface area contributed by atoms with Crippen LogP contribution in [0.4, 0.5) is 5.69 Å². The number of hydrogen-bond acceptors (Lipinski definition) is 5. The summed E-state index contributed by atoms with van der Waals surface area (Å²) >= 11 is 5.28. The van der Waals surface area contributed by atoms with Gasteiger partial charge in [-0.2, -0.15) is 0 Å². The standard InChI is InChI=1S/C22H27N3O4S/c1-15(2)29-19-12-7-5-10-17(19)21(27)25-22(30)24-18-11-6-4-9-16(18)20(26)23-13-8-14-28-3/h4-7,9-12,15H,8,13-14H2,1-3H3,(H,23,26)(H2,24,25,27,30). The van der Waals surface area contributed by atoms with Crippen LogP contribution >= 0.6 is 12.2 Å². The quantitative estimate of drug-likeness (QED) is 0.418. The summed E-state index contributed by atoms with van der Waals surface area (Å²) < 4.78 is 10.7. The zero-order valence-electron chi connectivity index (χ0n) is 17.4. The third-order valence-electron chi connectivity index (χ3n) is 3.95. The highest BCUT2D eigenvalue weighted by atomic mass is 32.1. The minimum absolute atomic E-state index is 0.0710. The van der Waals surface area contributed by atoms with Crippen molar-refractivity contribution in [3.8, 4) is 5.75 Å². The molecule has 30 heavy (non-hydrogen) atoms. The Morgan fingerprint density at radius 3 is 2.37 bits per heavy atom. The largest absolute Gasteiger partial charge is 0.490 e. The summed E-state index contributed by atoms with van der Waals surface area (Å²) in [5.74, 6) is -0.159. The number of thiocarbonyl (C=S) groups is 1. The second-order valence-corrected chi connectivity index (χ2v) is 7.13. The van der Waals surface area contributed by atoms with Crippen LogP contribution in [0.5, 0.6) is 5.75 Å². The van der Waals surface area contributed by atoms with Gasteiger partial charge in [-0.05, 0) is 56.8 Å². The highest BCUT2D eigenvalue weighted by Crippen LogP contribution is 2.19. The van der Waals surface area contributed by atoms with Gasteiger partial charge in [0.25, 0.3) is 11.8 Å². The van der Waals surface area contributed by atoms with Gasteiger partial charge in [0, 0.05) is 20.3 Å². The Morgan fingerprint density at radius 1 is 1.00 bits per heavy atom. The van der Waals surface area contributed by atoms with E-state index in [1.807, 2.05) is 13.8 Å². The van der Waals surface area contributed by atoms with Crippen molar-refractivity contribution in [3.63, 3.8) is 0 Å². The molecule has 7 nitrogen and oxygen atoms in total. The number of rotatable bonds is 9. The third kappa shape index (κ3) is 7.13. The lowest BCUT2D eigenvalue weighted by molar-refractivity contribution is 0.0947. The van der Waals surface area contributed by atoms with Crippen LogP contribution in [-0.2, 0) is 4.74 Å². The van der Waals surface area contributed by atoms with Gasteiger partial charge in [0.1, 0.15) is 5.75 Å². The van der Waals surface area contributed by atoms with Crippen LogP contribution in [0.25, 0.3) is 0 Å². The highest BCUT2D eigenvalue weighted by molar-refractivity contribution is 7.80. The Bertz CT molecular complexity index is 886. The molecule has 2 aromatic rings. The fraction of sp³-hybridized carbons (Fsp3) is 0.318. The van der Waals surface area contributed by atoms with E-state index in [2.05, 4.69) is 16.0 Å². The van der Waals surface area contributed by atoms with Crippen LogP contribution in [-0.4, -0.2) is 43.3 Å². The maximum absolute atomic E-state index is 12.7. The van der Waals surface area contributed by atoms with Crippen molar-refractivity contribution in [1.29, 1.82) is 0 Å². The Hall–Kier alpha value is -2.97. The van der Waals surface area contributed by atoms with Crippen LogP contribution in [0, 0.1) is 0 Å². The predicted octanol–water partition coefficient (Wildman–Crippen LogP) is 3.37. The van der Waals surface area contributed by atoms with Gasteiger partial charge in [0.2, 0.25) is 0 Å². The first-order valence-corrected chi connectivity index (χ1v) is 10.1. The Kier molecular flexibility index (Phi) is 9.24. The molecule has 0 aliphatic rings. The van der Waals surface area contributed by atoms with Gasteiger partial charge in [-0.25, -0.2) is 0 Å². The summed E-state index contributed by atoms with van der Waals surface area (Å²) in [4.78, 5) is 25.1. The first kappa shape index (κ1) is 23.3. The zero-order valence-corrected chi connectivity index (χ0v) is 18.2. The number of carbonyl (C=O) groups is 2. The highest BCUT2D eigenvalue weighted by Gasteiger charge is 2.16. The summed E-state index contributed by atoms with van der Waals surface area (Å²) in [6.45, 7) is 4.84. The van der Waals surface area contributed by atoms with Gasteiger partial charge in [0.05, 0.1) is 22.9 Å². The van der Waals surface area contributed by atoms with Crippen molar-refractivity contribution < 1.29 is 19.1 Å². The molecule has 0 saturated carbocycles. The summed E-state index contributed by atoms with van der Waals surface area (Å²) in [5, 5.41) is 8.48. The second-order valence-electron chi connectivity index (χ2n) is 6.72. The van der Waals surface area contributed by atoms with Gasteiger partial charge in [0.15, 0.2) is 5.11 Å². The first-order valence-electron chi connectivity index (χ1n) is 9.66. The van der Waals surface area contributed by atoms with Crippen molar-refractivity contribution >= 4 is 34.8 Å². The lowest BCUT2D eigenvalue weighted by Gasteiger charge is -2.16. The van der Waals surface area contributed by atoms with Crippen LogP contribution in [0.1, 0.15) is 41.0 Å². The van der Waals surface area contributed by atoms with E-state index in [1.165, 1.54) is 0 Å². The predicted molar refractivity (Wildman–Crippen MR) is 121 cm³/mol. The molecule has 0 atom stereocenters. The topological polar surface area (TPSA) is 88.7 Å². The number of methoxy groups -OCH3 is 1. The first-order chi connectivity index (χ1) is 14.4. The number of amides is 2. The molecule has 0 fully saturated rings. The molecule has 0 radical (unpaired) electrons. The van der Waals surface area contributed by atoms with E-state index in [9.17, 15) is 9.59 Å². The normalized spacial score (nSPS) is 10.4. The summed E-state index contributed by atoms with van der Waals surface area (Å²) in [6, 6.07) is 13.9. The monoisotopic (exact) mass is 429 g/mol. The van der Waals surface area contributed by atoms with E-state index >= 15 is 0 Å². The molecule has 0 bridgehead atoms. The number of nitrogens with one attached hydrogen (secondary N) is 3. The molecular weight excluding hydrogens is 402 g/mol. The SMILES string of the molecule is COCCCNC(=O)c1ccccc1NC(=S)NC(=O)c1ccccc1OC(C)C. The number of ether oxygens (including phenoxy) is 2. The summed E-state index contributed by atoms with van der Waals surface area (Å²) in [7, 11) is 1.61. The van der Waals surface area contributed by atoms with Gasteiger partial charge < -0.3 is 20.1 Å².